The summed E-state index contributed by atoms with van der Waals surface area (Å²) in [5, 5.41) is 3.48. The van der Waals surface area contributed by atoms with Crippen molar-refractivity contribution in [3.63, 3.8) is 0 Å². The first-order valence-electron chi connectivity index (χ1n) is 6.87. The molecule has 0 atom stereocenters. The summed E-state index contributed by atoms with van der Waals surface area (Å²) >= 11 is 3.61. The van der Waals surface area contributed by atoms with Gasteiger partial charge in [-0.2, -0.15) is 0 Å². The molecule has 0 saturated carbocycles. The van der Waals surface area contributed by atoms with Crippen LogP contribution in [0.5, 0.6) is 0 Å². The minimum atomic E-state index is 0.871. The molecule has 0 spiro atoms. The highest BCUT2D eigenvalue weighted by Gasteiger charge is 2.02. The van der Waals surface area contributed by atoms with E-state index in [2.05, 4.69) is 78.3 Å². The maximum atomic E-state index is 3.48. The molecule has 3 aromatic rings. The molecule has 1 aromatic heterocycles. The van der Waals surface area contributed by atoms with Gasteiger partial charge in [0.1, 0.15) is 0 Å². The highest BCUT2D eigenvalue weighted by molar-refractivity contribution is 7.98. The third kappa shape index (κ3) is 3.69. The van der Waals surface area contributed by atoms with Crippen LogP contribution in [0.15, 0.2) is 71.6 Å². The van der Waals surface area contributed by atoms with Crippen LogP contribution < -0.4 is 5.32 Å². The Kier molecular flexibility index (Phi) is 4.63. The van der Waals surface area contributed by atoms with Gasteiger partial charge in [0.25, 0.3) is 0 Å². The van der Waals surface area contributed by atoms with E-state index in [-0.39, 0.29) is 0 Å². The van der Waals surface area contributed by atoms with Gasteiger partial charge in [-0.15, -0.1) is 23.1 Å². The monoisotopic (exact) mass is 311 g/mol. The number of hydrogen-bond donors (Lipinski definition) is 1. The lowest BCUT2D eigenvalue weighted by molar-refractivity contribution is 1.19. The third-order valence-corrected chi connectivity index (χ3v) is 5.15. The first-order chi connectivity index (χ1) is 10.3. The molecule has 0 aliphatic carbocycles. The summed E-state index contributed by atoms with van der Waals surface area (Å²) in [5.41, 5.74) is 2.46. The van der Waals surface area contributed by atoms with Crippen LogP contribution in [0.2, 0.25) is 0 Å². The van der Waals surface area contributed by atoms with Gasteiger partial charge in [-0.05, 0) is 48.2 Å². The third-order valence-electron chi connectivity index (χ3n) is 3.28. The van der Waals surface area contributed by atoms with E-state index in [0.717, 1.165) is 6.54 Å². The number of hydrogen-bond acceptors (Lipinski definition) is 3. The van der Waals surface area contributed by atoms with Gasteiger partial charge in [0.2, 0.25) is 0 Å². The first-order valence-corrected chi connectivity index (χ1v) is 8.91. The molecule has 106 valence electrons. The Morgan fingerprint density at radius 2 is 1.67 bits per heavy atom. The molecule has 0 unspecified atom stereocenters. The zero-order valence-electron chi connectivity index (χ0n) is 11.9. The van der Waals surface area contributed by atoms with Gasteiger partial charge in [-0.3, -0.25) is 0 Å². The molecule has 1 heterocycles. The second-order valence-electron chi connectivity index (χ2n) is 4.71. The molecule has 2 aromatic carbocycles. The Labute approximate surface area is 134 Å². The van der Waals surface area contributed by atoms with E-state index in [1.807, 2.05) is 11.3 Å². The minimum Gasteiger partial charge on any atom is -0.380 e. The predicted molar refractivity (Wildman–Crippen MR) is 95.3 cm³/mol. The van der Waals surface area contributed by atoms with E-state index in [1.165, 1.54) is 25.9 Å². The zero-order valence-corrected chi connectivity index (χ0v) is 13.5. The van der Waals surface area contributed by atoms with Gasteiger partial charge in [0.15, 0.2) is 0 Å². The quantitative estimate of drug-likeness (QED) is 0.602. The molecule has 0 amide bonds. The van der Waals surface area contributed by atoms with Crippen molar-refractivity contribution in [2.75, 3.05) is 11.6 Å². The second-order valence-corrected chi connectivity index (χ2v) is 6.76. The summed E-state index contributed by atoms with van der Waals surface area (Å²) in [5.74, 6) is 0. The molecule has 1 nitrogen and oxygen atoms in total. The molecule has 0 bridgehead atoms. The van der Waals surface area contributed by atoms with Gasteiger partial charge in [-0.25, -0.2) is 0 Å². The predicted octanol–water partition coefficient (Wildman–Crippen LogP) is 5.75. The van der Waals surface area contributed by atoms with Crippen LogP contribution >= 0.6 is 23.1 Å². The molecule has 3 heteroatoms. The van der Waals surface area contributed by atoms with Crippen LogP contribution in [0.3, 0.4) is 0 Å². The van der Waals surface area contributed by atoms with Gasteiger partial charge in [0.05, 0.1) is 0 Å². The molecule has 3 rings (SSSR count). The largest absolute Gasteiger partial charge is 0.380 e. The fraction of sp³-hybridized carbons (Fsp3) is 0.111. The lowest BCUT2D eigenvalue weighted by Crippen LogP contribution is -1.96. The lowest BCUT2D eigenvalue weighted by atomic mass is 10.2. The topological polar surface area (TPSA) is 12.0 Å². The molecule has 0 aliphatic heterocycles. The van der Waals surface area contributed by atoms with Crippen LogP contribution in [0, 0.1) is 0 Å². The van der Waals surface area contributed by atoms with E-state index < -0.39 is 0 Å². The number of thioether (sulfide) groups is 1. The van der Waals surface area contributed by atoms with Gasteiger partial charge in [0, 0.05) is 26.9 Å². The van der Waals surface area contributed by atoms with Gasteiger partial charge in [-0.1, -0.05) is 30.3 Å². The summed E-state index contributed by atoms with van der Waals surface area (Å²) < 4.78 is 0. The lowest BCUT2D eigenvalue weighted by Gasteiger charge is -2.05. The molecular formula is C18H17NS2. The highest BCUT2D eigenvalue weighted by Crippen LogP contribution is 2.28. The van der Waals surface area contributed by atoms with Gasteiger partial charge < -0.3 is 5.32 Å². The molecule has 0 radical (unpaired) electrons. The molecule has 0 saturated heterocycles. The number of rotatable bonds is 5. The van der Waals surface area contributed by atoms with Crippen molar-refractivity contribution in [1.82, 2.24) is 0 Å². The second kappa shape index (κ2) is 6.83. The highest BCUT2D eigenvalue weighted by atomic mass is 32.2. The fourth-order valence-corrected chi connectivity index (χ4v) is 3.49. The van der Waals surface area contributed by atoms with Crippen LogP contribution in [-0.4, -0.2) is 6.26 Å². The SMILES string of the molecule is CSc1ccc(NCc2ccc(-c3ccccc3)s2)cc1. The van der Waals surface area contributed by atoms with Gasteiger partial charge >= 0.3 is 0 Å². The fourth-order valence-electron chi connectivity index (χ4n) is 2.13. The van der Waals surface area contributed by atoms with Crippen LogP contribution in [0.1, 0.15) is 4.88 Å². The zero-order chi connectivity index (χ0) is 14.5. The average molecular weight is 311 g/mol. The molecule has 1 N–H and O–H groups in total. The van der Waals surface area contributed by atoms with Crippen molar-refractivity contribution in [3.8, 4) is 10.4 Å². The smallest absolute Gasteiger partial charge is 0.0494 e. The normalized spacial score (nSPS) is 10.5. The minimum absolute atomic E-state index is 0.871. The number of anilines is 1. The summed E-state index contributed by atoms with van der Waals surface area (Å²) in [6.07, 6.45) is 2.10. The van der Waals surface area contributed by atoms with E-state index in [4.69, 9.17) is 0 Å². The Hall–Kier alpha value is -1.71. The van der Waals surface area contributed by atoms with Crippen LogP contribution in [-0.2, 0) is 6.54 Å². The maximum Gasteiger partial charge on any atom is 0.0494 e. The van der Waals surface area contributed by atoms with Crippen LogP contribution in [0.25, 0.3) is 10.4 Å². The van der Waals surface area contributed by atoms with Crippen molar-refractivity contribution in [2.24, 2.45) is 0 Å². The molecule has 21 heavy (non-hydrogen) atoms. The summed E-state index contributed by atoms with van der Waals surface area (Å²) in [6, 6.07) is 23.5. The van der Waals surface area contributed by atoms with E-state index >= 15 is 0 Å². The summed E-state index contributed by atoms with van der Waals surface area (Å²) in [6.45, 7) is 0.871. The van der Waals surface area contributed by atoms with E-state index in [1.54, 1.807) is 11.8 Å². The number of nitrogens with one attached hydrogen (secondary N) is 1. The Morgan fingerprint density at radius 1 is 0.905 bits per heavy atom. The molecular weight excluding hydrogens is 294 g/mol. The Balaban J connectivity index is 1.64. The average Bonchev–Trinajstić information content (AvgIpc) is 3.03. The summed E-state index contributed by atoms with van der Waals surface area (Å²) in [4.78, 5) is 3.97. The van der Waals surface area contributed by atoms with E-state index in [0.29, 0.717) is 0 Å². The van der Waals surface area contributed by atoms with Crippen molar-refractivity contribution in [3.05, 3.63) is 71.6 Å². The first kappa shape index (κ1) is 14.2. The molecule has 0 aliphatic rings. The maximum absolute atomic E-state index is 3.48. The standard InChI is InChI=1S/C18H17NS2/c1-20-16-9-7-15(8-10-16)19-13-17-11-12-18(21-17)14-5-3-2-4-6-14/h2-12,19H,13H2,1H3. The van der Waals surface area contributed by atoms with Crippen molar-refractivity contribution < 1.29 is 0 Å². The summed E-state index contributed by atoms with van der Waals surface area (Å²) in [7, 11) is 0. The number of benzene rings is 2. The Bertz CT molecular complexity index is 687. The van der Waals surface area contributed by atoms with Crippen molar-refractivity contribution in [1.29, 1.82) is 0 Å². The molecule has 0 fully saturated rings. The van der Waals surface area contributed by atoms with Crippen molar-refractivity contribution >= 4 is 28.8 Å². The van der Waals surface area contributed by atoms with E-state index in [9.17, 15) is 0 Å². The van der Waals surface area contributed by atoms with Crippen LogP contribution in [0.4, 0.5) is 5.69 Å². The number of thiophene rings is 1. The Morgan fingerprint density at radius 3 is 2.38 bits per heavy atom. The van der Waals surface area contributed by atoms with Crippen molar-refractivity contribution in [2.45, 2.75) is 11.4 Å².